The van der Waals surface area contributed by atoms with Crippen LogP contribution in [0.2, 0.25) is 0 Å². The third-order valence-electron chi connectivity index (χ3n) is 1.38. The molecule has 0 aliphatic carbocycles. The Kier molecular flexibility index (Phi) is 51.1. The molecule has 5 heteroatoms. The van der Waals surface area contributed by atoms with E-state index in [-0.39, 0.29) is 33.5 Å². The summed E-state index contributed by atoms with van der Waals surface area (Å²) in [4.78, 5) is 10.4. The molecule has 13 heavy (non-hydrogen) atoms. The van der Waals surface area contributed by atoms with Crippen molar-refractivity contribution in [3.63, 3.8) is 0 Å². The van der Waals surface area contributed by atoms with Crippen molar-refractivity contribution < 1.29 is 38.3 Å². The molecular weight excluding hydrogens is 215 g/mol. The molecule has 0 heterocycles. The number of ketones is 1. The smallest absolute Gasteiger partial charge is 0.129 e. The molecule has 4 nitrogen and oxygen atoms in total. The first kappa shape index (κ1) is 29.2. The van der Waals surface area contributed by atoms with Gasteiger partial charge in [-0.15, -0.1) is 0 Å². The van der Waals surface area contributed by atoms with Crippen LogP contribution in [0.15, 0.2) is 0 Å². The number of rotatable bonds is 5. The van der Waals surface area contributed by atoms with Gasteiger partial charge in [0.05, 0.1) is 0 Å². The van der Waals surface area contributed by atoms with Crippen LogP contribution in [0.5, 0.6) is 0 Å². The molecule has 0 aromatic rings. The molecule has 0 aromatic heterocycles. The minimum Gasteiger partial charge on any atom is -0.412 e. The number of hydrogen-bond acceptors (Lipinski definition) is 1. The summed E-state index contributed by atoms with van der Waals surface area (Å²) in [6.07, 6.45) is 5.60. The molecule has 0 aromatic carbocycles. The summed E-state index contributed by atoms with van der Waals surface area (Å²) >= 11 is 0. The maximum absolute atomic E-state index is 10.4. The SMILES string of the molecule is CCCCCCC(C)=O.O.O.O.[Mn]. The normalized spacial score (nSPS) is 6.62. The molecule has 0 spiro atoms. The van der Waals surface area contributed by atoms with Gasteiger partial charge in [0, 0.05) is 23.5 Å². The van der Waals surface area contributed by atoms with Crippen molar-refractivity contribution in [3.05, 3.63) is 0 Å². The standard InChI is InChI=1S/C8H16O.Mn.3H2O/c1-3-4-5-6-7-8(2)9;;;;/h3-7H2,1-2H3;;3*1H2. The molecule has 0 saturated carbocycles. The monoisotopic (exact) mass is 237 g/mol. The summed E-state index contributed by atoms with van der Waals surface area (Å²) in [5.74, 6) is 0.325. The maximum atomic E-state index is 10.4. The molecule has 0 atom stereocenters. The molecule has 0 unspecified atom stereocenters. The van der Waals surface area contributed by atoms with Crippen molar-refractivity contribution in [1.29, 1.82) is 0 Å². The van der Waals surface area contributed by atoms with Crippen molar-refractivity contribution in [2.24, 2.45) is 0 Å². The fourth-order valence-corrected chi connectivity index (χ4v) is 0.801. The molecule has 0 bridgehead atoms. The summed E-state index contributed by atoms with van der Waals surface area (Å²) in [7, 11) is 0. The minimum absolute atomic E-state index is 0. The Morgan fingerprint density at radius 3 is 1.77 bits per heavy atom. The molecule has 1 radical (unpaired) electrons. The Hall–Kier alpha value is 0.0695. The predicted molar refractivity (Wildman–Crippen MR) is 50.3 cm³/mol. The molecule has 0 fully saturated rings. The molecule has 0 saturated heterocycles. The zero-order valence-electron chi connectivity index (χ0n) is 8.32. The summed E-state index contributed by atoms with van der Waals surface area (Å²) < 4.78 is 0. The van der Waals surface area contributed by atoms with E-state index < -0.39 is 0 Å². The van der Waals surface area contributed by atoms with Crippen LogP contribution in [0.4, 0.5) is 0 Å². The zero-order valence-corrected chi connectivity index (χ0v) is 9.50. The van der Waals surface area contributed by atoms with E-state index in [1.807, 2.05) is 0 Å². The zero-order chi connectivity index (χ0) is 7.11. The van der Waals surface area contributed by atoms with E-state index in [0.717, 1.165) is 12.8 Å². The van der Waals surface area contributed by atoms with Gasteiger partial charge >= 0.3 is 0 Å². The molecule has 0 rings (SSSR count). The Labute approximate surface area is 90.5 Å². The first-order chi connectivity index (χ1) is 4.27. The van der Waals surface area contributed by atoms with E-state index in [0.29, 0.717) is 5.78 Å². The van der Waals surface area contributed by atoms with Crippen LogP contribution in [-0.2, 0) is 21.9 Å². The van der Waals surface area contributed by atoms with Crippen LogP contribution in [0.3, 0.4) is 0 Å². The second kappa shape index (κ2) is 22.7. The van der Waals surface area contributed by atoms with Gasteiger partial charge in [0.15, 0.2) is 0 Å². The van der Waals surface area contributed by atoms with Crippen molar-refractivity contribution in [1.82, 2.24) is 0 Å². The number of hydrogen-bond donors (Lipinski definition) is 0. The average Bonchev–Trinajstić information content (AvgIpc) is 1.80. The Morgan fingerprint density at radius 2 is 1.46 bits per heavy atom. The third-order valence-corrected chi connectivity index (χ3v) is 1.38. The van der Waals surface area contributed by atoms with Gasteiger partial charge in [-0.05, 0) is 13.3 Å². The third kappa shape index (κ3) is 33.2. The molecule has 0 aliphatic rings. The van der Waals surface area contributed by atoms with Gasteiger partial charge in [-0.3, -0.25) is 0 Å². The van der Waals surface area contributed by atoms with Crippen molar-refractivity contribution in [2.45, 2.75) is 46.0 Å². The predicted octanol–water partition coefficient (Wildman–Crippen LogP) is 0.0692. The van der Waals surface area contributed by atoms with Gasteiger partial charge in [-0.2, -0.15) is 0 Å². The topological polar surface area (TPSA) is 112 Å². The van der Waals surface area contributed by atoms with E-state index in [1.54, 1.807) is 6.92 Å². The second-order valence-electron chi connectivity index (χ2n) is 2.51. The van der Waals surface area contributed by atoms with Gasteiger partial charge in [0.1, 0.15) is 5.78 Å². The molecule has 85 valence electrons. The van der Waals surface area contributed by atoms with Gasteiger partial charge in [-0.25, -0.2) is 0 Å². The molecule has 0 amide bonds. The van der Waals surface area contributed by atoms with Crippen LogP contribution in [-0.4, -0.2) is 22.2 Å². The molecule has 0 aliphatic heterocycles. The summed E-state index contributed by atoms with van der Waals surface area (Å²) in [6, 6.07) is 0. The van der Waals surface area contributed by atoms with Gasteiger partial charge < -0.3 is 21.2 Å². The number of carbonyl (C=O) groups excluding carboxylic acids is 1. The van der Waals surface area contributed by atoms with E-state index in [4.69, 9.17) is 0 Å². The van der Waals surface area contributed by atoms with Crippen LogP contribution >= 0.6 is 0 Å². The number of Topliss-reactive ketones (excluding diaryl/α,β-unsaturated/α-hetero) is 1. The van der Waals surface area contributed by atoms with E-state index in [9.17, 15) is 4.79 Å². The fourth-order valence-electron chi connectivity index (χ4n) is 0.801. The first-order valence-electron chi connectivity index (χ1n) is 3.76. The van der Waals surface area contributed by atoms with Crippen LogP contribution in [0.25, 0.3) is 0 Å². The first-order valence-corrected chi connectivity index (χ1v) is 3.76. The average molecular weight is 237 g/mol. The van der Waals surface area contributed by atoms with Gasteiger partial charge in [0.25, 0.3) is 0 Å². The van der Waals surface area contributed by atoms with Crippen LogP contribution in [0, 0.1) is 0 Å². The maximum Gasteiger partial charge on any atom is 0.129 e. The number of unbranched alkanes of at least 4 members (excludes halogenated alkanes) is 3. The van der Waals surface area contributed by atoms with Crippen molar-refractivity contribution in [3.8, 4) is 0 Å². The Balaban J connectivity index is -0.0000000533. The molecular formula is C8H22MnO4. The quantitative estimate of drug-likeness (QED) is 0.489. The van der Waals surface area contributed by atoms with Gasteiger partial charge in [0.2, 0.25) is 0 Å². The summed E-state index contributed by atoms with van der Waals surface area (Å²) in [5.41, 5.74) is 0. The van der Waals surface area contributed by atoms with Crippen molar-refractivity contribution in [2.75, 3.05) is 0 Å². The van der Waals surface area contributed by atoms with E-state index >= 15 is 0 Å². The van der Waals surface area contributed by atoms with E-state index in [1.165, 1.54) is 19.3 Å². The van der Waals surface area contributed by atoms with Gasteiger partial charge in [-0.1, -0.05) is 26.2 Å². The largest absolute Gasteiger partial charge is 0.412 e. The van der Waals surface area contributed by atoms with E-state index in [2.05, 4.69) is 6.92 Å². The Morgan fingerprint density at radius 1 is 1.00 bits per heavy atom. The molecule has 6 N–H and O–H groups in total. The fraction of sp³-hybridized carbons (Fsp3) is 0.875. The number of carbonyl (C=O) groups is 1. The van der Waals surface area contributed by atoms with Crippen LogP contribution in [0.1, 0.15) is 46.0 Å². The van der Waals surface area contributed by atoms with Crippen LogP contribution < -0.4 is 0 Å². The minimum atomic E-state index is 0. The second-order valence-corrected chi connectivity index (χ2v) is 2.51. The Bertz CT molecular complexity index is 88.2. The summed E-state index contributed by atoms with van der Waals surface area (Å²) in [5, 5.41) is 0. The summed E-state index contributed by atoms with van der Waals surface area (Å²) in [6.45, 7) is 3.83. The van der Waals surface area contributed by atoms with Crippen molar-refractivity contribution >= 4 is 5.78 Å².